The Labute approximate surface area is 130 Å². The van der Waals surface area contributed by atoms with E-state index in [9.17, 15) is 9.18 Å². The summed E-state index contributed by atoms with van der Waals surface area (Å²) in [5, 5.41) is 2.90. The molecule has 22 heavy (non-hydrogen) atoms. The second kappa shape index (κ2) is 7.07. The molecule has 0 spiro atoms. The van der Waals surface area contributed by atoms with Crippen molar-refractivity contribution in [2.45, 2.75) is 33.3 Å². The number of rotatable bonds is 5. The largest absolute Gasteiger partial charge is 0.481 e. The van der Waals surface area contributed by atoms with E-state index in [0.29, 0.717) is 12.2 Å². The molecule has 2 rings (SSSR count). The van der Waals surface area contributed by atoms with Gasteiger partial charge >= 0.3 is 0 Å². The molecular formula is C18H20FNO2. The molecule has 0 radical (unpaired) electrons. The Morgan fingerprint density at radius 1 is 1.18 bits per heavy atom. The van der Waals surface area contributed by atoms with Crippen LogP contribution in [0.4, 0.5) is 10.1 Å². The number of nitrogens with one attached hydrogen (secondary N) is 1. The van der Waals surface area contributed by atoms with Crippen molar-refractivity contribution in [1.29, 1.82) is 0 Å². The third-order valence-electron chi connectivity index (χ3n) is 3.62. The van der Waals surface area contributed by atoms with Gasteiger partial charge in [-0.15, -0.1) is 0 Å². The van der Waals surface area contributed by atoms with Crippen LogP contribution in [0.25, 0.3) is 0 Å². The lowest BCUT2D eigenvalue weighted by Crippen LogP contribution is -2.32. The lowest BCUT2D eigenvalue weighted by Gasteiger charge is -2.18. The Hall–Kier alpha value is -2.36. The van der Waals surface area contributed by atoms with Crippen LogP contribution in [0.15, 0.2) is 42.5 Å². The van der Waals surface area contributed by atoms with E-state index in [1.165, 1.54) is 24.3 Å². The molecule has 1 amide bonds. The summed E-state index contributed by atoms with van der Waals surface area (Å²) in [5.74, 6) is -0.0647. The summed E-state index contributed by atoms with van der Waals surface area (Å²) in [4.78, 5) is 12.4. The maximum atomic E-state index is 12.9. The Kier molecular flexibility index (Phi) is 5.15. The lowest BCUT2D eigenvalue weighted by atomic mass is 10.1. The number of ether oxygens (including phenoxy) is 1. The number of carbonyl (C=O) groups is 1. The normalized spacial score (nSPS) is 11.8. The Morgan fingerprint density at radius 3 is 2.50 bits per heavy atom. The number of carbonyl (C=O) groups excluding carboxylic acids is 1. The number of aryl methyl sites for hydroxylation is 1. The average Bonchev–Trinajstić information content (AvgIpc) is 2.51. The van der Waals surface area contributed by atoms with Crippen LogP contribution < -0.4 is 10.1 Å². The molecule has 0 saturated heterocycles. The molecule has 0 saturated carbocycles. The molecule has 0 aliphatic rings. The Morgan fingerprint density at radius 2 is 1.86 bits per heavy atom. The summed E-state index contributed by atoms with van der Waals surface area (Å²) >= 11 is 0. The van der Waals surface area contributed by atoms with E-state index in [2.05, 4.69) is 5.32 Å². The standard InChI is InChI=1S/C18H20FNO2/c1-4-17(22-15-10-8-14(19)9-11-15)18(21)20-16-7-5-6-12(2)13(16)3/h5-11,17H,4H2,1-3H3,(H,20,21)/t17-/m0/s1. The molecule has 1 atom stereocenters. The van der Waals surface area contributed by atoms with Crippen molar-refractivity contribution in [3.05, 3.63) is 59.4 Å². The number of halogens is 1. The van der Waals surface area contributed by atoms with Crippen molar-refractivity contribution in [2.75, 3.05) is 5.32 Å². The van der Waals surface area contributed by atoms with Crippen molar-refractivity contribution in [3.63, 3.8) is 0 Å². The second-order valence-corrected chi connectivity index (χ2v) is 5.21. The van der Waals surface area contributed by atoms with Crippen LogP contribution in [0.1, 0.15) is 24.5 Å². The van der Waals surface area contributed by atoms with Gasteiger partial charge in [0.25, 0.3) is 5.91 Å². The highest BCUT2D eigenvalue weighted by Gasteiger charge is 2.19. The molecule has 0 heterocycles. The summed E-state index contributed by atoms with van der Waals surface area (Å²) in [7, 11) is 0. The summed E-state index contributed by atoms with van der Waals surface area (Å²) in [6.07, 6.45) is -0.0981. The van der Waals surface area contributed by atoms with Crippen molar-refractivity contribution in [2.24, 2.45) is 0 Å². The zero-order valence-corrected chi connectivity index (χ0v) is 13.0. The fraction of sp³-hybridized carbons (Fsp3) is 0.278. The molecule has 0 bridgehead atoms. The van der Waals surface area contributed by atoms with Crippen molar-refractivity contribution in [3.8, 4) is 5.75 Å². The topological polar surface area (TPSA) is 38.3 Å². The highest BCUT2D eigenvalue weighted by Crippen LogP contribution is 2.20. The number of benzene rings is 2. The van der Waals surface area contributed by atoms with Crippen molar-refractivity contribution in [1.82, 2.24) is 0 Å². The molecule has 0 fully saturated rings. The van der Waals surface area contributed by atoms with Gasteiger partial charge in [-0.2, -0.15) is 0 Å². The molecule has 0 aromatic heterocycles. The summed E-state index contributed by atoms with van der Waals surface area (Å²) in [6.45, 7) is 5.83. The summed E-state index contributed by atoms with van der Waals surface area (Å²) in [6, 6.07) is 11.4. The first kappa shape index (κ1) is 16.0. The zero-order valence-electron chi connectivity index (χ0n) is 13.0. The summed E-state index contributed by atoms with van der Waals surface area (Å²) in [5.41, 5.74) is 2.93. The summed E-state index contributed by atoms with van der Waals surface area (Å²) < 4.78 is 18.5. The van der Waals surface area contributed by atoms with E-state index in [0.717, 1.165) is 16.8 Å². The van der Waals surface area contributed by atoms with Crippen LogP contribution in [-0.2, 0) is 4.79 Å². The molecule has 4 heteroatoms. The second-order valence-electron chi connectivity index (χ2n) is 5.21. The molecule has 2 aromatic carbocycles. The SMILES string of the molecule is CC[C@H](Oc1ccc(F)cc1)C(=O)Nc1cccc(C)c1C. The maximum absolute atomic E-state index is 12.9. The predicted octanol–water partition coefficient (Wildman–Crippen LogP) is 4.24. The fourth-order valence-corrected chi connectivity index (χ4v) is 2.10. The first-order chi connectivity index (χ1) is 10.5. The van der Waals surface area contributed by atoms with E-state index >= 15 is 0 Å². The van der Waals surface area contributed by atoms with Gasteiger partial charge in [-0.25, -0.2) is 4.39 Å². The van der Waals surface area contributed by atoms with Gasteiger partial charge in [0.15, 0.2) is 6.10 Å². The highest BCUT2D eigenvalue weighted by molar-refractivity contribution is 5.95. The molecule has 1 N–H and O–H groups in total. The van der Waals surface area contributed by atoms with Crippen LogP contribution in [0.5, 0.6) is 5.75 Å². The first-order valence-corrected chi connectivity index (χ1v) is 7.30. The lowest BCUT2D eigenvalue weighted by molar-refractivity contribution is -0.122. The molecule has 0 aliphatic heterocycles. The van der Waals surface area contributed by atoms with Gasteiger partial charge in [-0.3, -0.25) is 4.79 Å². The maximum Gasteiger partial charge on any atom is 0.265 e. The van der Waals surface area contributed by atoms with Gasteiger partial charge in [0, 0.05) is 5.69 Å². The number of hydrogen-bond donors (Lipinski definition) is 1. The smallest absolute Gasteiger partial charge is 0.265 e. The van der Waals surface area contributed by atoms with Gasteiger partial charge in [0.1, 0.15) is 11.6 Å². The van der Waals surface area contributed by atoms with Crippen molar-refractivity contribution >= 4 is 11.6 Å². The minimum absolute atomic E-state index is 0.208. The minimum atomic E-state index is -0.620. The van der Waals surface area contributed by atoms with Crippen LogP contribution in [0.2, 0.25) is 0 Å². The van der Waals surface area contributed by atoms with Crippen molar-refractivity contribution < 1.29 is 13.9 Å². The van der Waals surface area contributed by atoms with Gasteiger partial charge < -0.3 is 10.1 Å². The quantitative estimate of drug-likeness (QED) is 0.897. The Bertz CT molecular complexity index is 653. The van der Waals surface area contributed by atoms with Gasteiger partial charge in [-0.05, 0) is 61.7 Å². The average molecular weight is 301 g/mol. The third kappa shape index (κ3) is 3.85. The van der Waals surface area contributed by atoms with Crippen LogP contribution in [0, 0.1) is 19.7 Å². The van der Waals surface area contributed by atoms with E-state index < -0.39 is 6.10 Å². The van der Waals surface area contributed by atoms with Crippen LogP contribution in [0.3, 0.4) is 0 Å². The number of hydrogen-bond acceptors (Lipinski definition) is 2. The van der Waals surface area contributed by atoms with E-state index in [1.54, 1.807) is 0 Å². The Balaban J connectivity index is 2.08. The number of amides is 1. The molecule has 2 aromatic rings. The number of anilines is 1. The predicted molar refractivity (Wildman–Crippen MR) is 85.7 cm³/mol. The fourth-order valence-electron chi connectivity index (χ4n) is 2.10. The highest BCUT2D eigenvalue weighted by atomic mass is 19.1. The van der Waals surface area contributed by atoms with E-state index in [4.69, 9.17) is 4.74 Å². The first-order valence-electron chi connectivity index (χ1n) is 7.30. The molecular weight excluding hydrogens is 281 g/mol. The molecule has 3 nitrogen and oxygen atoms in total. The van der Waals surface area contributed by atoms with Gasteiger partial charge in [0.2, 0.25) is 0 Å². The molecule has 116 valence electrons. The molecule has 0 unspecified atom stereocenters. The van der Waals surface area contributed by atoms with Crippen LogP contribution >= 0.6 is 0 Å². The monoisotopic (exact) mass is 301 g/mol. The van der Waals surface area contributed by atoms with Crippen LogP contribution in [-0.4, -0.2) is 12.0 Å². The van der Waals surface area contributed by atoms with Gasteiger partial charge in [-0.1, -0.05) is 19.1 Å². The third-order valence-corrected chi connectivity index (χ3v) is 3.62. The van der Waals surface area contributed by atoms with Gasteiger partial charge in [0.05, 0.1) is 0 Å². The molecule has 0 aliphatic carbocycles. The minimum Gasteiger partial charge on any atom is -0.481 e. The van der Waals surface area contributed by atoms with E-state index in [1.807, 2.05) is 39.0 Å². The van der Waals surface area contributed by atoms with E-state index in [-0.39, 0.29) is 11.7 Å². The zero-order chi connectivity index (χ0) is 16.1.